The molecule has 2 rings (SSSR count). The first-order valence-electron chi connectivity index (χ1n) is 6.09. The van der Waals surface area contributed by atoms with E-state index in [1.165, 1.54) is 12.1 Å². The minimum Gasteiger partial charge on any atom is -0.398 e. The summed E-state index contributed by atoms with van der Waals surface area (Å²) in [5.41, 5.74) is 7.33. The highest BCUT2D eigenvalue weighted by molar-refractivity contribution is 6.37. The Labute approximate surface area is 127 Å². The molecule has 0 heterocycles. The zero-order chi connectivity index (χ0) is 14.7. The summed E-state index contributed by atoms with van der Waals surface area (Å²) in [5, 5.41) is 3.51. The number of carbonyl (C=O) groups is 1. The summed E-state index contributed by atoms with van der Waals surface area (Å²) in [5.74, 6) is -0.319. The van der Waals surface area contributed by atoms with Gasteiger partial charge in [0, 0.05) is 10.7 Å². The van der Waals surface area contributed by atoms with Crippen molar-refractivity contribution in [1.82, 2.24) is 5.32 Å². The number of hydrogen-bond acceptors (Lipinski definition) is 2. The molecule has 2 aromatic rings. The van der Waals surface area contributed by atoms with Crippen molar-refractivity contribution in [2.24, 2.45) is 0 Å². The van der Waals surface area contributed by atoms with Crippen LogP contribution in [0.5, 0.6) is 0 Å². The van der Waals surface area contributed by atoms with Crippen LogP contribution >= 0.6 is 23.2 Å². The molecular formula is C15H14Cl2N2O. The van der Waals surface area contributed by atoms with Crippen molar-refractivity contribution in [3.63, 3.8) is 0 Å². The first kappa shape index (κ1) is 14.7. The van der Waals surface area contributed by atoms with Crippen molar-refractivity contribution in [2.75, 3.05) is 5.73 Å². The van der Waals surface area contributed by atoms with Crippen LogP contribution in [-0.2, 0) is 0 Å². The van der Waals surface area contributed by atoms with Gasteiger partial charge in [0.1, 0.15) is 0 Å². The van der Waals surface area contributed by atoms with Crippen LogP contribution in [0.25, 0.3) is 0 Å². The topological polar surface area (TPSA) is 55.1 Å². The lowest BCUT2D eigenvalue weighted by atomic mass is 10.1. The summed E-state index contributed by atoms with van der Waals surface area (Å²) in [6, 6.07) is 12.5. The number of halogens is 2. The molecule has 0 unspecified atom stereocenters. The normalized spacial score (nSPS) is 11.9. The minimum absolute atomic E-state index is 0.144. The fourth-order valence-electron chi connectivity index (χ4n) is 1.93. The van der Waals surface area contributed by atoms with Crippen molar-refractivity contribution < 1.29 is 4.79 Å². The SMILES string of the molecule is C[C@H](NC(=O)c1c(N)cc(Cl)cc1Cl)c1ccccc1. The number of nitrogens with two attached hydrogens (primary N) is 1. The average molecular weight is 309 g/mol. The highest BCUT2D eigenvalue weighted by Gasteiger charge is 2.17. The van der Waals surface area contributed by atoms with Gasteiger partial charge in [0.2, 0.25) is 0 Å². The van der Waals surface area contributed by atoms with E-state index in [0.29, 0.717) is 5.02 Å². The Bertz CT molecular complexity index is 606. The summed E-state index contributed by atoms with van der Waals surface area (Å²) >= 11 is 11.9. The molecule has 1 amide bonds. The third kappa shape index (κ3) is 3.24. The van der Waals surface area contributed by atoms with Gasteiger partial charge in [0.15, 0.2) is 0 Å². The average Bonchev–Trinajstić information content (AvgIpc) is 2.38. The number of hydrogen-bond donors (Lipinski definition) is 2. The number of anilines is 1. The second kappa shape index (κ2) is 6.16. The maximum atomic E-state index is 12.3. The van der Waals surface area contributed by atoms with E-state index in [9.17, 15) is 4.79 Å². The van der Waals surface area contributed by atoms with Crippen molar-refractivity contribution in [3.05, 3.63) is 63.6 Å². The first-order chi connectivity index (χ1) is 9.49. The monoisotopic (exact) mass is 308 g/mol. The van der Waals surface area contributed by atoms with E-state index >= 15 is 0 Å². The van der Waals surface area contributed by atoms with Gasteiger partial charge in [-0.25, -0.2) is 0 Å². The molecule has 0 bridgehead atoms. The third-order valence-electron chi connectivity index (χ3n) is 2.96. The molecule has 20 heavy (non-hydrogen) atoms. The summed E-state index contributed by atoms with van der Waals surface area (Å²) in [6.07, 6.45) is 0. The summed E-state index contributed by atoms with van der Waals surface area (Å²) in [4.78, 5) is 12.3. The fourth-order valence-corrected chi connectivity index (χ4v) is 2.52. The van der Waals surface area contributed by atoms with E-state index < -0.39 is 0 Å². The molecule has 2 aromatic carbocycles. The predicted octanol–water partition coefficient (Wildman–Crippen LogP) is 4.07. The van der Waals surface area contributed by atoms with Gasteiger partial charge < -0.3 is 11.1 Å². The first-order valence-corrected chi connectivity index (χ1v) is 6.85. The van der Waals surface area contributed by atoms with E-state index in [1.807, 2.05) is 37.3 Å². The molecular weight excluding hydrogens is 295 g/mol. The highest BCUT2D eigenvalue weighted by atomic mass is 35.5. The third-order valence-corrected chi connectivity index (χ3v) is 3.48. The number of nitrogens with one attached hydrogen (secondary N) is 1. The molecule has 0 aliphatic heterocycles. The van der Waals surface area contributed by atoms with Crippen molar-refractivity contribution >= 4 is 34.8 Å². The zero-order valence-electron chi connectivity index (χ0n) is 10.9. The number of amides is 1. The number of benzene rings is 2. The maximum Gasteiger partial charge on any atom is 0.255 e. The molecule has 1 atom stereocenters. The molecule has 0 aliphatic carbocycles. The molecule has 0 saturated heterocycles. The fraction of sp³-hybridized carbons (Fsp3) is 0.133. The highest BCUT2D eigenvalue weighted by Crippen LogP contribution is 2.27. The van der Waals surface area contributed by atoms with Crippen LogP contribution in [0.2, 0.25) is 10.0 Å². The van der Waals surface area contributed by atoms with Gasteiger partial charge in [-0.2, -0.15) is 0 Å². The molecule has 0 fully saturated rings. The number of rotatable bonds is 3. The van der Waals surface area contributed by atoms with E-state index in [0.717, 1.165) is 5.56 Å². The van der Waals surface area contributed by atoms with Crippen LogP contribution in [0, 0.1) is 0 Å². The van der Waals surface area contributed by atoms with Crippen molar-refractivity contribution in [1.29, 1.82) is 0 Å². The van der Waals surface area contributed by atoms with Crippen molar-refractivity contribution in [2.45, 2.75) is 13.0 Å². The Morgan fingerprint density at radius 1 is 1.20 bits per heavy atom. The van der Waals surface area contributed by atoms with Crippen LogP contribution < -0.4 is 11.1 Å². The van der Waals surface area contributed by atoms with Crippen molar-refractivity contribution in [3.8, 4) is 0 Å². The lowest BCUT2D eigenvalue weighted by Crippen LogP contribution is -2.27. The van der Waals surface area contributed by atoms with Crippen LogP contribution in [0.4, 0.5) is 5.69 Å². The number of nitrogen functional groups attached to an aromatic ring is 1. The Morgan fingerprint density at radius 2 is 1.85 bits per heavy atom. The molecule has 0 spiro atoms. The summed E-state index contributed by atoms with van der Waals surface area (Å²) in [7, 11) is 0. The maximum absolute atomic E-state index is 12.3. The smallest absolute Gasteiger partial charge is 0.255 e. The van der Waals surface area contributed by atoms with E-state index in [4.69, 9.17) is 28.9 Å². The molecule has 3 N–H and O–H groups in total. The molecule has 0 aliphatic rings. The molecule has 0 saturated carbocycles. The Balaban J connectivity index is 2.21. The Morgan fingerprint density at radius 3 is 2.45 bits per heavy atom. The summed E-state index contributed by atoms with van der Waals surface area (Å²) in [6.45, 7) is 1.90. The Kier molecular flexibility index (Phi) is 4.53. The zero-order valence-corrected chi connectivity index (χ0v) is 12.4. The Hall–Kier alpha value is -1.71. The second-order valence-electron chi connectivity index (χ2n) is 4.46. The second-order valence-corrected chi connectivity index (χ2v) is 5.30. The van der Waals surface area contributed by atoms with Crippen LogP contribution in [0.15, 0.2) is 42.5 Å². The van der Waals surface area contributed by atoms with E-state index in [2.05, 4.69) is 5.32 Å². The quantitative estimate of drug-likeness (QED) is 0.840. The molecule has 0 radical (unpaired) electrons. The summed E-state index contributed by atoms with van der Waals surface area (Å²) < 4.78 is 0. The minimum atomic E-state index is -0.319. The lowest BCUT2D eigenvalue weighted by Gasteiger charge is -2.16. The largest absolute Gasteiger partial charge is 0.398 e. The van der Waals surface area contributed by atoms with E-state index in [1.54, 1.807) is 0 Å². The van der Waals surface area contributed by atoms with Gasteiger partial charge in [-0.3, -0.25) is 4.79 Å². The van der Waals surface area contributed by atoms with Gasteiger partial charge in [-0.05, 0) is 24.6 Å². The lowest BCUT2D eigenvalue weighted by molar-refractivity contribution is 0.0941. The van der Waals surface area contributed by atoms with Gasteiger partial charge in [-0.15, -0.1) is 0 Å². The van der Waals surface area contributed by atoms with Crippen LogP contribution in [0.1, 0.15) is 28.9 Å². The molecule has 5 heteroatoms. The van der Waals surface area contributed by atoms with Gasteiger partial charge in [0.25, 0.3) is 5.91 Å². The van der Waals surface area contributed by atoms with E-state index in [-0.39, 0.29) is 28.2 Å². The van der Waals surface area contributed by atoms with Crippen LogP contribution in [-0.4, -0.2) is 5.91 Å². The molecule has 104 valence electrons. The van der Waals surface area contributed by atoms with Gasteiger partial charge in [-0.1, -0.05) is 53.5 Å². The van der Waals surface area contributed by atoms with Crippen LogP contribution in [0.3, 0.4) is 0 Å². The molecule has 0 aromatic heterocycles. The van der Waals surface area contributed by atoms with Gasteiger partial charge in [0.05, 0.1) is 16.6 Å². The molecule has 3 nitrogen and oxygen atoms in total. The standard InChI is InChI=1S/C15H14Cl2N2O/c1-9(10-5-3-2-4-6-10)19-15(20)14-12(17)7-11(16)8-13(14)18/h2-9H,18H2,1H3,(H,19,20)/t9-/m0/s1. The van der Waals surface area contributed by atoms with Gasteiger partial charge >= 0.3 is 0 Å². The predicted molar refractivity (Wildman–Crippen MR) is 83.2 cm³/mol. The number of carbonyl (C=O) groups excluding carboxylic acids is 1.